The monoisotopic (exact) mass is 328 g/mol. The molecule has 0 atom stereocenters. The Bertz CT molecular complexity index is 680. The van der Waals surface area contributed by atoms with E-state index in [2.05, 4.69) is 44.8 Å². The molecule has 1 aliphatic heterocycles. The number of fused-ring (bicyclic) bond motifs is 1. The molecule has 0 bridgehead atoms. The minimum absolute atomic E-state index is 0.716. The fourth-order valence-electron chi connectivity index (χ4n) is 4.17. The van der Waals surface area contributed by atoms with E-state index in [1.54, 1.807) is 6.33 Å². The van der Waals surface area contributed by atoms with Crippen molar-refractivity contribution in [2.45, 2.75) is 52.0 Å². The van der Waals surface area contributed by atoms with Crippen molar-refractivity contribution in [2.75, 3.05) is 31.1 Å². The van der Waals surface area contributed by atoms with Gasteiger partial charge in [0.2, 0.25) is 0 Å². The minimum Gasteiger partial charge on any atom is -0.354 e. The first-order valence-corrected chi connectivity index (χ1v) is 9.43. The van der Waals surface area contributed by atoms with Crippen LogP contribution in [0.5, 0.6) is 0 Å². The summed E-state index contributed by atoms with van der Waals surface area (Å²) in [4.78, 5) is 14.0. The molecule has 0 unspecified atom stereocenters. The number of rotatable bonds is 3. The second-order valence-corrected chi connectivity index (χ2v) is 7.37. The molecule has 1 saturated carbocycles. The molecule has 6 nitrogen and oxygen atoms in total. The lowest BCUT2D eigenvalue weighted by Crippen LogP contribution is -2.51. The van der Waals surface area contributed by atoms with E-state index in [1.165, 1.54) is 25.7 Å². The van der Waals surface area contributed by atoms with E-state index in [-0.39, 0.29) is 0 Å². The van der Waals surface area contributed by atoms with Crippen LogP contribution in [-0.4, -0.2) is 56.7 Å². The molecule has 0 spiro atoms. The number of nitrogens with zero attached hydrogens (tertiary/aromatic N) is 6. The molecule has 0 N–H and O–H groups in total. The summed E-state index contributed by atoms with van der Waals surface area (Å²) in [5, 5.41) is 4.37. The van der Waals surface area contributed by atoms with Gasteiger partial charge in [-0.1, -0.05) is 13.8 Å². The Labute approximate surface area is 143 Å². The maximum atomic E-state index is 4.56. The SMILES string of the molecule is CCc1cc(N2CCN(C3CCC(C)CC3)CC2)n2ncnc2n1. The predicted octanol–water partition coefficient (Wildman–Crippen LogP) is 2.39. The van der Waals surface area contributed by atoms with Crippen LogP contribution < -0.4 is 4.90 Å². The second-order valence-electron chi connectivity index (χ2n) is 7.37. The number of hydrogen-bond donors (Lipinski definition) is 0. The van der Waals surface area contributed by atoms with E-state index >= 15 is 0 Å². The maximum Gasteiger partial charge on any atom is 0.254 e. The van der Waals surface area contributed by atoms with E-state index < -0.39 is 0 Å². The van der Waals surface area contributed by atoms with Gasteiger partial charge >= 0.3 is 0 Å². The fraction of sp³-hybridized carbons (Fsp3) is 0.722. The third-order valence-corrected chi connectivity index (χ3v) is 5.79. The Hall–Kier alpha value is -1.69. The summed E-state index contributed by atoms with van der Waals surface area (Å²) in [7, 11) is 0. The topological polar surface area (TPSA) is 49.6 Å². The van der Waals surface area contributed by atoms with Crippen LogP contribution in [0.2, 0.25) is 0 Å². The second kappa shape index (κ2) is 6.67. The molecule has 2 aliphatic rings. The van der Waals surface area contributed by atoms with Crippen LogP contribution >= 0.6 is 0 Å². The van der Waals surface area contributed by atoms with Gasteiger partial charge in [-0.25, -0.2) is 4.98 Å². The number of aromatic nitrogens is 4. The van der Waals surface area contributed by atoms with Crippen molar-refractivity contribution < 1.29 is 0 Å². The van der Waals surface area contributed by atoms with Gasteiger partial charge in [-0.05, 0) is 38.0 Å². The Morgan fingerprint density at radius 1 is 1.08 bits per heavy atom. The fourth-order valence-corrected chi connectivity index (χ4v) is 4.17. The smallest absolute Gasteiger partial charge is 0.254 e. The first-order chi connectivity index (χ1) is 11.7. The van der Waals surface area contributed by atoms with Crippen molar-refractivity contribution in [2.24, 2.45) is 5.92 Å². The lowest BCUT2D eigenvalue weighted by atomic mass is 9.86. The van der Waals surface area contributed by atoms with Crippen LogP contribution in [0.4, 0.5) is 5.82 Å². The molecule has 130 valence electrons. The number of piperazine rings is 1. The molecular weight excluding hydrogens is 300 g/mol. The van der Waals surface area contributed by atoms with Crippen LogP contribution in [0.25, 0.3) is 5.78 Å². The molecule has 2 aromatic rings. The highest BCUT2D eigenvalue weighted by Crippen LogP contribution is 2.28. The Morgan fingerprint density at radius 2 is 1.83 bits per heavy atom. The minimum atomic E-state index is 0.716. The largest absolute Gasteiger partial charge is 0.354 e. The van der Waals surface area contributed by atoms with E-state index in [0.717, 1.165) is 56.1 Å². The van der Waals surface area contributed by atoms with Crippen LogP contribution in [0.15, 0.2) is 12.4 Å². The molecule has 2 fully saturated rings. The zero-order valence-electron chi connectivity index (χ0n) is 14.9. The molecule has 2 aromatic heterocycles. The van der Waals surface area contributed by atoms with Crippen LogP contribution in [0.3, 0.4) is 0 Å². The molecular formula is C18H28N6. The summed E-state index contributed by atoms with van der Waals surface area (Å²) in [6, 6.07) is 2.98. The molecule has 0 aromatic carbocycles. The Kier molecular flexibility index (Phi) is 4.39. The molecule has 0 amide bonds. The number of anilines is 1. The van der Waals surface area contributed by atoms with Crippen molar-refractivity contribution in [3.63, 3.8) is 0 Å². The average Bonchev–Trinajstić information content (AvgIpc) is 3.10. The van der Waals surface area contributed by atoms with Gasteiger partial charge in [-0.2, -0.15) is 14.6 Å². The predicted molar refractivity (Wildman–Crippen MR) is 95.4 cm³/mol. The highest BCUT2D eigenvalue weighted by Gasteiger charge is 2.28. The first-order valence-electron chi connectivity index (χ1n) is 9.43. The molecule has 1 aliphatic carbocycles. The average molecular weight is 328 g/mol. The zero-order valence-corrected chi connectivity index (χ0v) is 14.9. The van der Waals surface area contributed by atoms with Gasteiger partial charge in [-0.15, -0.1) is 0 Å². The summed E-state index contributed by atoms with van der Waals surface area (Å²) >= 11 is 0. The quantitative estimate of drug-likeness (QED) is 0.866. The molecule has 1 saturated heterocycles. The van der Waals surface area contributed by atoms with Crippen molar-refractivity contribution in [3.8, 4) is 0 Å². The molecule has 3 heterocycles. The van der Waals surface area contributed by atoms with Gasteiger partial charge in [0.15, 0.2) is 0 Å². The van der Waals surface area contributed by atoms with Crippen LogP contribution in [0.1, 0.15) is 45.2 Å². The summed E-state index contributed by atoms with van der Waals surface area (Å²) < 4.78 is 1.89. The van der Waals surface area contributed by atoms with Gasteiger partial charge in [-0.3, -0.25) is 4.90 Å². The van der Waals surface area contributed by atoms with E-state index in [9.17, 15) is 0 Å². The number of aryl methyl sites for hydroxylation is 1. The van der Waals surface area contributed by atoms with Gasteiger partial charge < -0.3 is 4.90 Å². The standard InChI is InChI=1S/C18H28N6/c1-3-15-12-17(24-18(21-15)19-13-20-24)23-10-8-22(9-11-23)16-6-4-14(2)5-7-16/h12-14,16H,3-11H2,1-2H3. The van der Waals surface area contributed by atoms with Crippen LogP contribution in [-0.2, 0) is 6.42 Å². The van der Waals surface area contributed by atoms with Gasteiger partial charge in [0, 0.05) is 44.0 Å². The molecule has 4 rings (SSSR count). The third-order valence-electron chi connectivity index (χ3n) is 5.79. The lowest BCUT2D eigenvalue weighted by molar-refractivity contribution is 0.132. The molecule has 0 radical (unpaired) electrons. The van der Waals surface area contributed by atoms with E-state index in [1.807, 2.05) is 4.52 Å². The highest BCUT2D eigenvalue weighted by atomic mass is 15.4. The van der Waals surface area contributed by atoms with Crippen molar-refractivity contribution >= 4 is 11.6 Å². The molecule has 6 heteroatoms. The maximum absolute atomic E-state index is 4.56. The summed E-state index contributed by atoms with van der Waals surface area (Å²) in [6.45, 7) is 8.97. The van der Waals surface area contributed by atoms with Gasteiger partial charge in [0.05, 0.1) is 0 Å². The summed E-state index contributed by atoms with van der Waals surface area (Å²) in [6.07, 6.45) is 8.08. The zero-order chi connectivity index (χ0) is 16.5. The van der Waals surface area contributed by atoms with Crippen LogP contribution in [0, 0.1) is 5.92 Å². The van der Waals surface area contributed by atoms with E-state index in [0.29, 0.717) is 5.78 Å². The van der Waals surface area contributed by atoms with Gasteiger partial charge in [0.25, 0.3) is 5.78 Å². The third kappa shape index (κ3) is 2.99. The van der Waals surface area contributed by atoms with Crippen molar-refractivity contribution in [1.82, 2.24) is 24.5 Å². The molecule has 24 heavy (non-hydrogen) atoms. The van der Waals surface area contributed by atoms with Crippen molar-refractivity contribution in [3.05, 3.63) is 18.1 Å². The van der Waals surface area contributed by atoms with E-state index in [4.69, 9.17) is 0 Å². The lowest BCUT2D eigenvalue weighted by Gasteiger charge is -2.42. The summed E-state index contributed by atoms with van der Waals surface area (Å²) in [5.41, 5.74) is 1.09. The Morgan fingerprint density at radius 3 is 2.54 bits per heavy atom. The number of hydrogen-bond acceptors (Lipinski definition) is 5. The van der Waals surface area contributed by atoms with Gasteiger partial charge in [0.1, 0.15) is 12.1 Å². The summed E-state index contributed by atoms with van der Waals surface area (Å²) in [5.74, 6) is 2.78. The first kappa shape index (κ1) is 15.8. The normalized spacial score (nSPS) is 26.2. The Balaban J connectivity index is 1.47. The van der Waals surface area contributed by atoms with Crippen molar-refractivity contribution in [1.29, 1.82) is 0 Å². The highest BCUT2D eigenvalue weighted by molar-refractivity contribution is 5.47.